The Morgan fingerprint density at radius 1 is 1.14 bits per heavy atom. The van der Waals surface area contributed by atoms with Crippen molar-refractivity contribution in [1.29, 1.82) is 0 Å². The second-order valence-corrected chi connectivity index (χ2v) is 4.58. The van der Waals surface area contributed by atoms with Crippen LogP contribution >= 0.6 is 0 Å². The average Bonchev–Trinajstić information content (AvgIpc) is 2.43. The maximum Gasteiger partial charge on any atom is 0.256 e. The SMILES string of the molecule is CCN(CC)C(=O)CN(C)C(=O)c1cc(F)c(F)cc1N. The lowest BCUT2D eigenvalue weighted by Crippen LogP contribution is -2.41. The fraction of sp³-hybridized carbons (Fsp3) is 0.429. The molecule has 0 heterocycles. The molecule has 1 aromatic carbocycles. The van der Waals surface area contributed by atoms with Crippen molar-refractivity contribution < 1.29 is 18.4 Å². The normalized spacial score (nSPS) is 10.3. The number of benzene rings is 1. The molecule has 21 heavy (non-hydrogen) atoms. The van der Waals surface area contributed by atoms with Crippen LogP contribution in [-0.4, -0.2) is 48.3 Å². The molecule has 0 saturated carbocycles. The van der Waals surface area contributed by atoms with Crippen molar-refractivity contribution >= 4 is 17.5 Å². The van der Waals surface area contributed by atoms with Crippen molar-refractivity contribution in [2.45, 2.75) is 13.8 Å². The largest absolute Gasteiger partial charge is 0.398 e. The first-order chi connectivity index (χ1) is 9.81. The molecule has 0 aliphatic rings. The quantitative estimate of drug-likeness (QED) is 0.838. The fourth-order valence-corrected chi connectivity index (χ4v) is 1.90. The minimum absolute atomic E-state index is 0.154. The van der Waals surface area contributed by atoms with E-state index in [-0.39, 0.29) is 23.7 Å². The molecule has 0 spiro atoms. The first-order valence-corrected chi connectivity index (χ1v) is 6.59. The molecule has 1 aromatic rings. The molecule has 0 bridgehead atoms. The molecule has 5 nitrogen and oxygen atoms in total. The highest BCUT2D eigenvalue weighted by Gasteiger charge is 2.21. The predicted octanol–water partition coefficient (Wildman–Crippen LogP) is 1.49. The van der Waals surface area contributed by atoms with E-state index in [1.54, 1.807) is 4.90 Å². The molecule has 7 heteroatoms. The van der Waals surface area contributed by atoms with Gasteiger partial charge in [0.25, 0.3) is 5.91 Å². The van der Waals surface area contributed by atoms with Gasteiger partial charge in [0.15, 0.2) is 11.6 Å². The van der Waals surface area contributed by atoms with E-state index in [9.17, 15) is 18.4 Å². The third-order valence-electron chi connectivity index (χ3n) is 3.16. The second kappa shape index (κ2) is 7.01. The average molecular weight is 299 g/mol. The third kappa shape index (κ3) is 3.90. The summed E-state index contributed by atoms with van der Waals surface area (Å²) < 4.78 is 26.2. The summed E-state index contributed by atoms with van der Waals surface area (Å²) in [5.41, 5.74) is 5.19. The van der Waals surface area contributed by atoms with Crippen molar-refractivity contribution in [1.82, 2.24) is 9.80 Å². The number of hydrogen-bond donors (Lipinski definition) is 1. The zero-order valence-corrected chi connectivity index (χ0v) is 12.3. The van der Waals surface area contributed by atoms with Gasteiger partial charge in [-0.15, -0.1) is 0 Å². The molecular weight excluding hydrogens is 280 g/mol. The van der Waals surface area contributed by atoms with Crippen molar-refractivity contribution in [2.24, 2.45) is 0 Å². The van der Waals surface area contributed by atoms with Crippen LogP contribution in [0, 0.1) is 11.6 Å². The van der Waals surface area contributed by atoms with Gasteiger partial charge < -0.3 is 15.5 Å². The van der Waals surface area contributed by atoms with E-state index in [0.717, 1.165) is 17.0 Å². The smallest absolute Gasteiger partial charge is 0.256 e. The monoisotopic (exact) mass is 299 g/mol. The molecule has 0 aliphatic heterocycles. The van der Waals surface area contributed by atoms with Crippen LogP contribution in [0.5, 0.6) is 0 Å². The lowest BCUT2D eigenvalue weighted by atomic mass is 10.1. The van der Waals surface area contributed by atoms with E-state index >= 15 is 0 Å². The molecule has 0 unspecified atom stereocenters. The van der Waals surface area contributed by atoms with E-state index in [0.29, 0.717) is 13.1 Å². The summed E-state index contributed by atoms with van der Waals surface area (Å²) in [6.45, 7) is 4.57. The summed E-state index contributed by atoms with van der Waals surface area (Å²) in [7, 11) is 1.41. The van der Waals surface area contributed by atoms with Gasteiger partial charge in [0.1, 0.15) is 0 Å². The lowest BCUT2D eigenvalue weighted by molar-refractivity contribution is -0.131. The number of nitrogens with zero attached hydrogens (tertiary/aromatic N) is 2. The van der Waals surface area contributed by atoms with Crippen LogP contribution in [0.15, 0.2) is 12.1 Å². The van der Waals surface area contributed by atoms with Crippen LogP contribution in [0.1, 0.15) is 24.2 Å². The summed E-state index contributed by atoms with van der Waals surface area (Å²) >= 11 is 0. The molecule has 2 amide bonds. The number of halogens is 2. The maximum absolute atomic E-state index is 13.2. The topological polar surface area (TPSA) is 66.6 Å². The first-order valence-electron chi connectivity index (χ1n) is 6.59. The van der Waals surface area contributed by atoms with Crippen LogP contribution in [0.4, 0.5) is 14.5 Å². The number of nitrogens with two attached hydrogens (primary N) is 1. The van der Waals surface area contributed by atoms with Gasteiger partial charge in [-0.25, -0.2) is 8.78 Å². The van der Waals surface area contributed by atoms with Gasteiger partial charge in [-0.1, -0.05) is 0 Å². The van der Waals surface area contributed by atoms with E-state index in [1.165, 1.54) is 7.05 Å². The lowest BCUT2D eigenvalue weighted by Gasteiger charge is -2.23. The number of nitrogen functional groups attached to an aromatic ring is 1. The van der Waals surface area contributed by atoms with Gasteiger partial charge >= 0.3 is 0 Å². The van der Waals surface area contributed by atoms with E-state index in [4.69, 9.17) is 5.73 Å². The standard InChI is InChI=1S/C14H19F2N3O2/c1-4-19(5-2)13(20)8-18(3)14(21)9-6-10(15)11(16)7-12(9)17/h6-7H,4-5,8,17H2,1-3H3. The Morgan fingerprint density at radius 3 is 2.19 bits per heavy atom. The molecule has 1 rings (SSSR count). The van der Waals surface area contributed by atoms with Crippen LogP contribution in [0.25, 0.3) is 0 Å². The minimum Gasteiger partial charge on any atom is -0.398 e. The Hall–Kier alpha value is -2.18. The molecule has 2 N–H and O–H groups in total. The predicted molar refractivity (Wildman–Crippen MR) is 75.7 cm³/mol. The Bertz CT molecular complexity index is 545. The molecule has 0 fully saturated rings. The third-order valence-corrected chi connectivity index (χ3v) is 3.16. The second-order valence-electron chi connectivity index (χ2n) is 4.58. The van der Waals surface area contributed by atoms with Crippen molar-refractivity contribution in [3.63, 3.8) is 0 Å². The number of hydrogen-bond acceptors (Lipinski definition) is 3. The number of rotatable bonds is 5. The summed E-state index contributed by atoms with van der Waals surface area (Å²) in [6, 6.07) is 1.49. The van der Waals surface area contributed by atoms with Gasteiger partial charge in [0, 0.05) is 31.9 Å². The van der Waals surface area contributed by atoms with Crippen LogP contribution in [0.2, 0.25) is 0 Å². The van der Waals surface area contributed by atoms with Crippen molar-refractivity contribution in [3.05, 3.63) is 29.3 Å². The Balaban J connectivity index is 2.89. The number of likely N-dealkylation sites (N-methyl/N-ethyl adjacent to an activating group) is 2. The Labute approximate surface area is 122 Å². The van der Waals surface area contributed by atoms with E-state index < -0.39 is 17.5 Å². The zero-order valence-electron chi connectivity index (χ0n) is 12.3. The van der Waals surface area contributed by atoms with E-state index in [2.05, 4.69) is 0 Å². The number of anilines is 1. The summed E-state index contributed by atoms with van der Waals surface area (Å²) in [4.78, 5) is 26.8. The number of carbonyl (C=O) groups is 2. The number of amides is 2. The summed E-state index contributed by atoms with van der Waals surface area (Å²) in [5.74, 6) is -3.13. The highest BCUT2D eigenvalue weighted by molar-refractivity contribution is 6.00. The molecule has 0 atom stereocenters. The molecule has 0 aliphatic carbocycles. The minimum atomic E-state index is -1.16. The van der Waals surface area contributed by atoms with Crippen LogP contribution in [-0.2, 0) is 4.79 Å². The van der Waals surface area contributed by atoms with Gasteiger partial charge in [0.05, 0.1) is 12.1 Å². The molecule has 116 valence electrons. The molecular formula is C14H19F2N3O2. The van der Waals surface area contributed by atoms with E-state index in [1.807, 2.05) is 13.8 Å². The van der Waals surface area contributed by atoms with Crippen LogP contribution in [0.3, 0.4) is 0 Å². The highest BCUT2D eigenvalue weighted by Crippen LogP contribution is 2.18. The fourth-order valence-electron chi connectivity index (χ4n) is 1.90. The summed E-state index contributed by atoms with van der Waals surface area (Å²) in [5, 5.41) is 0. The van der Waals surface area contributed by atoms with Gasteiger partial charge in [-0.3, -0.25) is 9.59 Å². The highest BCUT2D eigenvalue weighted by atomic mass is 19.2. The number of carbonyl (C=O) groups excluding carboxylic acids is 2. The van der Waals surface area contributed by atoms with Crippen LogP contribution < -0.4 is 5.73 Å². The zero-order chi connectivity index (χ0) is 16.2. The molecule has 0 saturated heterocycles. The first kappa shape index (κ1) is 16.9. The molecule has 0 radical (unpaired) electrons. The van der Waals surface area contributed by atoms with Crippen molar-refractivity contribution in [3.8, 4) is 0 Å². The summed E-state index contributed by atoms with van der Waals surface area (Å²) in [6.07, 6.45) is 0. The Kier molecular flexibility index (Phi) is 5.63. The maximum atomic E-state index is 13.2. The van der Waals surface area contributed by atoms with Gasteiger partial charge in [0.2, 0.25) is 5.91 Å². The Morgan fingerprint density at radius 2 is 1.67 bits per heavy atom. The molecule has 0 aromatic heterocycles. The van der Waals surface area contributed by atoms with Gasteiger partial charge in [-0.05, 0) is 19.9 Å². The van der Waals surface area contributed by atoms with Gasteiger partial charge in [-0.2, -0.15) is 0 Å². The van der Waals surface area contributed by atoms with Crippen molar-refractivity contribution in [2.75, 3.05) is 32.4 Å².